The highest BCUT2D eigenvalue weighted by Gasteiger charge is 2.11. The zero-order valence-electron chi connectivity index (χ0n) is 13.9. The van der Waals surface area contributed by atoms with Crippen molar-refractivity contribution in [2.24, 2.45) is 0 Å². The van der Waals surface area contributed by atoms with Gasteiger partial charge in [-0.05, 0) is 49.4 Å². The summed E-state index contributed by atoms with van der Waals surface area (Å²) in [5.41, 5.74) is 3.03. The van der Waals surface area contributed by atoms with E-state index < -0.39 is 0 Å². The Morgan fingerprint density at radius 3 is 2.33 bits per heavy atom. The zero-order chi connectivity index (χ0) is 16.9. The Morgan fingerprint density at radius 1 is 0.917 bits per heavy atom. The predicted molar refractivity (Wildman–Crippen MR) is 97.3 cm³/mol. The fourth-order valence-electron chi connectivity index (χ4n) is 2.38. The number of aromatic nitrogens is 1. The van der Waals surface area contributed by atoms with Crippen LogP contribution >= 0.6 is 11.3 Å². The standard InChI is InChI=1S/C19H19NO3S/c1-4-23-17-10-7-14(11-18(17)22-3)19-20-16(12-24-19)13-5-8-15(21-2)9-6-13/h5-12H,4H2,1-3H3. The molecule has 0 fully saturated rings. The molecule has 1 aromatic heterocycles. The average Bonchev–Trinajstić information content (AvgIpc) is 3.12. The summed E-state index contributed by atoms with van der Waals surface area (Å²) in [6.07, 6.45) is 0. The van der Waals surface area contributed by atoms with E-state index in [1.165, 1.54) is 0 Å². The third kappa shape index (κ3) is 3.36. The quantitative estimate of drug-likeness (QED) is 0.640. The van der Waals surface area contributed by atoms with Crippen LogP contribution in [0.15, 0.2) is 47.8 Å². The third-order valence-electron chi connectivity index (χ3n) is 3.60. The molecule has 0 unspecified atom stereocenters. The minimum atomic E-state index is 0.606. The van der Waals surface area contributed by atoms with Crippen LogP contribution in [0.2, 0.25) is 0 Å². The van der Waals surface area contributed by atoms with Gasteiger partial charge in [-0.25, -0.2) is 4.98 Å². The summed E-state index contributed by atoms with van der Waals surface area (Å²) in [6, 6.07) is 13.8. The Morgan fingerprint density at radius 2 is 1.67 bits per heavy atom. The molecule has 0 saturated heterocycles. The largest absolute Gasteiger partial charge is 0.497 e. The second-order valence-electron chi connectivity index (χ2n) is 5.07. The summed E-state index contributed by atoms with van der Waals surface area (Å²) in [7, 11) is 3.31. The summed E-state index contributed by atoms with van der Waals surface area (Å²) < 4.78 is 16.2. The summed E-state index contributed by atoms with van der Waals surface area (Å²) >= 11 is 1.61. The van der Waals surface area contributed by atoms with E-state index in [2.05, 4.69) is 5.38 Å². The number of thiazole rings is 1. The lowest BCUT2D eigenvalue weighted by Crippen LogP contribution is -1.95. The predicted octanol–water partition coefficient (Wildman–Crippen LogP) is 4.89. The molecule has 0 aliphatic heterocycles. The lowest BCUT2D eigenvalue weighted by molar-refractivity contribution is 0.311. The Kier molecular flexibility index (Phi) is 5.01. The van der Waals surface area contributed by atoms with Gasteiger partial charge in [0.2, 0.25) is 0 Å². The number of ether oxygens (including phenoxy) is 3. The van der Waals surface area contributed by atoms with Crippen molar-refractivity contribution in [3.63, 3.8) is 0 Å². The van der Waals surface area contributed by atoms with E-state index in [0.717, 1.165) is 39.1 Å². The number of hydrogen-bond donors (Lipinski definition) is 0. The molecule has 124 valence electrons. The maximum Gasteiger partial charge on any atom is 0.161 e. The van der Waals surface area contributed by atoms with Crippen LogP contribution in [-0.4, -0.2) is 25.8 Å². The first-order chi connectivity index (χ1) is 11.7. The fraction of sp³-hybridized carbons (Fsp3) is 0.211. The molecule has 0 amide bonds. The number of nitrogens with zero attached hydrogens (tertiary/aromatic N) is 1. The molecular weight excluding hydrogens is 322 g/mol. The molecule has 0 atom stereocenters. The van der Waals surface area contributed by atoms with Crippen LogP contribution in [0.4, 0.5) is 0 Å². The summed E-state index contributed by atoms with van der Waals surface area (Å²) in [5, 5.41) is 3.00. The van der Waals surface area contributed by atoms with Crippen LogP contribution < -0.4 is 14.2 Å². The molecule has 5 heteroatoms. The highest BCUT2D eigenvalue weighted by molar-refractivity contribution is 7.13. The maximum atomic E-state index is 5.56. The highest BCUT2D eigenvalue weighted by atomic mass is 32.1. The van der Waals surface area contributed by atoms with Crippen molar-refractivity contribution in [3.8, 4) is 39.1 Å². The van der Waals surface area contributed by atoms with Gasteiger partial charge in [0.25, 0.3) is 0 Å². The van der Waals surface area contributed by atoms with E-state index in [9.17, 15) is 0 Å². The van der Waals surface area contributed by atoms with Crippen LogP contribution in [0.1, 0.15) is 6.92 Å². The molecule has 0 aliphatic rings. The topological polar surface area (TPSA) is 40.6 Å². The molecule has 2 aromatic carbocycles. The first-order valence-corrected chi connectivity index (χ1v) is 8.54. The molecule has 0 spiro atoms. The van der Waals surface area contributed by atoms with E-state index in [-0.39, 0.29) is 0 Å². The molecule has 0 saturated carbocycles. The van der Waals surface area contributed by atoms with Gasteiger partial charge in [0.1, 0.15) is 10.8 Å². The second-order valence-corrected chi connectivity index (χ2v) is 5.92. The van der Waals surface area contributed by atoms with Gasteiger partial charge < -0.3 is 14.2 Å². The minimum Gasteiger partial charge on any atom is -0.497 e. The Hall–Kier alpha value is -2.53. The van der Waals surface area contributed by atoms with Crippen molar-refractivity contribution < 1.29 is 14.2 Å². The zero-order valence-corrected chi connectivity index (χ0v) is 14.7. The van der Waals surface area contributed by atoms with E-state index >= 15 is 0 Å². The molecule has 3 rings (SSSR count). The van der Waals surface area contributed by atoms with Gasteiger partial charge in [0.05, 0.1) is 26.5 Å². The van der Waals surface area contributed by atoms with Gasteiger partial charge in [0.15, 0.2) is 11.5 Å². The monoisotopic (exact) mass is 341 g/mol. The third-order valence-corrected chi connectivity index (χ3v) is 4.49. The number of benzene rings is 2. The normalized spacial score (nSPS) is 10.5. The smallest absolute Gasteiger partial charge is 0.161 e. The van der Waals surface area contributed by atoms with Gasteiger partial charge >= 0.3 is 0 Å². The first kappa shape index (κ1) is 16.3. The average molecular weight is 341 g/mol. The number of rotatable bonds is 6. The Balaban J connectivity index is 1.89. The molecule has 3 aromatic rings. The van der Waals surface area contributed by atoms with Crippen LogP contribution in [0.25, 0.3) is 21.8 Å². The van der Waals surface area contributed by atoms with Gasteiger partial charge in [-0.15, -0.1) is 11.3 Å². The van der Waals surface area contributed by atoms with E-state index in [1.54, 1.807) is 25.6 Å². The summed E-state index contributed by atoms with van der Waals surface area (Å²) in [4.78, 5) is 4.74. The van der Waals surface area contributed by atoms with E-state index in [0.29, 0.717) is 6.61 Å². The van der Waals surface area contributed by atoms with Crippen LogP contribution in [-0.2, 0) is 0 Å². The van der Waals surface area contributed by atoms with Gasteiger partial charge in [0, 0.05) is 16.5 Å². The lowest BCUT2D eigenvalue weighted by Gasteiger charge is -2.09. The van der Waals surface area contributed by atoms with Crippen LogP contribution in [0, 0.1) is 0 Å². The molecule has 0 aliphatic carbocycles. The molecule has 0 bridgehead atoms. The molecule has 0 radical (unpaired) electrons. The van der Waals surface area contributed by atoms with Crippen molar-refractivity contribution >= 4 is 11.3 Å². The second kappa shape index (κ2) is 7.36. The van der Waals surface area contributed by atoms with Gasteiger partial charge in [-0.3, -0.25) is 0 Å². The van der Waals surface area contributed by atoms with Crippen molar-refractivity contribution in [2.75, 3.05) is 20.8 Å². The fourth-order valence-corrected chi connectivity index (χ4v) is 3.20. The molecule has 1 heterocycles. The SMILES string of the molecule is CCOc1ccc(-c2nc(-c3ccc(OC)cc3)cs2)cc1OC. The van der Waals surface area contributed by atoms with Crippen molar-refractivity contribution in [1.29, 1.82) is 0 Å². The summed E-state index contributed by atoms with van der Waals surface area (Å²) in [6.45, 7) is 2.56. The lowest BCUT2D eigenvalue weighted by atomic mass is 10.1. The van der Waals surface area contributed by atoms with Gasteiger partial charge in [-0.1, -0.05) is 0 Å². The molecular formula is C19H19NO3S. The Bertz CT molecular complexity index is 812. The number of methoxy groups -OCH3 is 2. The van der Waals surface area contributed by atoms with Crippen molar-refractivity contribution in [2.45, 2.75) is 6.92 Å². The van der Waals surface area contributed by atoms with E-state index in [1.807, 2.05) is 49.4 Å². The molecule has 24 heavy (non-hydrogen) atoms. The number of hydrogen-bond acceptors (Lipinski definition) is 5. The summed E-state index contributed by atoms with van der Waals surface area (Å²) in [5.74, 6) is 2.30. The maximum absolute atomic E-state index is 5.56. The van der Waals surface area contributed by atoms with Crippen molar-refractivity contribution in [1.82, 2.24) is 4.98 Å². The minimum absolute atomic E-state index is 0.606. The highest BCUT2D eigenvalue weighted by Crippen LogP contribution is 2.35. The van der Waals surface area contributed by atoms with Crippen LogP contribution in [0.5, 0.6) is 17.2 Å². The Labute approximate surface area is 145 Å². The molecule has 0 N–H and O–H groups in total. The van der Waals surface area contributed by atoms with Crippen molar-refractivity contribution in [3.05, 3.63) is 47.8 Å². The van der Waals surface area contributed by atoms with Gasteiger partial charge in [-0.2, -0.15) is 0 Å². The first-order valence-electron chi connectivity index (χ1n) is 7.66. The van der Waals surface area contributed by atoms with E-state index in [4.69, 9.17) is 19.2 Å². The van der Waals surface area contributed by atoms with Crippen LogP contribution in [0.3, 0.4) is 0 Å². The molecule has 4 nitrogen and oxygen atoms in total.